The normalized spacial score (nSPS) is 19.4. The van der Waals surface area contributed by atoms with Crippen molar-refractivity contribution >= 4 is 28.5 Å². The molecule has 0 unspecified atom stereocenters. The Hall–Kier alpha value is -3.24. The third-order valence-corrected chi connectivity index (χ3v) is 4.70. The lowest BCUT2D eigenvalue weighted by Crippen LogP contribution is -2.28. The number of benzene rings is 1. The number of hydrogen-bond acceptors (Lipinski definition) is 7. The summed E-state index contributed by atoms with van der Waals surface area (Å²) in [5, 5.41) is 16.3. The number of aliphatic hydroxyl groups excluding tert-OH is 1. The summed E-state index contributed by atoms with van der Waals surface area (Å²) >= 11 is 0. The SMILES string of the molecule is C#Cc1cccc(Nc2ncnc3cnc(N[C@H]4CC[C@H](O)CC4)nc23)c1. The van der Waals surface area contributed by atoms with E-state index in [-0.39, 0.29) is 12.1 Å². The molecule has 0 spiro atoms. The molecule has 1 aromatic carbocycles. The summed E-state index contributed by atoms with van der Waals surface area (Å²) in [6, 6.07) is 7.82. The second-order valence-corrected chi connectivity index (χ2v) is 6.65. The van der Waals surface area contributed by atoms with Crippen LogP contribution in [0.25, 0.3) is 11.0 Å². The number of rotatable bonds is 4. The van der Waals surface area contributed by atoms with E-state index in [1.165, 1.54) is 6.33 Å². The number of fused-ring (bicyclic) bond motifs is 1. The first-order valence-electron chi connectivity index (χ1n) is 8.97. The predicted molar refractivity (Wildman–Crippen MR) is 105 cm³/mol. The van der Waals surface area contributed by atoms with Gasteiger partial charge in [-0.05, 0) is 43.9 Å². The number of nitrogens with one attached hydrogen (secondary N) is 2. The Morgan fingerprint density at radius 3 is 2.78 bits per heavy atom. The monoisotopic (exact) mass is 360 g/mol. The molecule has 0 atom stereocenters. The lowest BCUT2D eigenvalue weighted by Gasteiger charge is -2.26. The van der Waals surface area contributed by atoms with Crippen LogP contribution in [0.1, 0.15) is 31.2 Å². The molecule has 0 saturated heterocycles. The van der Waals surface area contributed by atoms with Gasteiger partial charge in [0.2, 0.25) is 5.95 Å². The molecule has 3 N–H and O–H groups in total. The summed E-state index contributed by atoms with van der Waals surface area (Å²) < 4.78 is 0. The largest absolute Gasteiger partial charge is 0.393 e. The maximum absolute atomic E-state index is 9.65. The summed E-state index contributed by atoms with van der Waals surface area (Å²) in [4.78, 5) is 17.6. The molecule has 7 nitrogen and oxygen atoms in total. The highest BCUT2D eigenvalue weighted by molar-refractivity contribution is 5.87. The first-order valence-corrected chi connectivity index (χ1v) is 8.97. The van der Waals surface area contributed by atoms with E-state index < -0.39 is 0 Å². The van der Waals surface area contributed by atoms with Gasteiger partial charge in [-0.1, -0.05) is 12.0 Å². The Morgan fingerprint density at radius 2 is 1.96 bits per heavy atom. The van der Waals surface area contributed by atoms with Crippen molar-refractivity contribution in [3.63, 3.8) is 0 Å². The molecule has 4 rings (SSSR count). The zero-order valence-corrected chi connectivity index (χ0v) is 14.8. The van der Waals surface area contributed by atoms with Gasteiger partial charge in [-0.15, -0.1) is 6.42 Å². The van der Waals surface area contributed by atoms with E-state index >= 15 is 0 Å². The molecule has 0 aliphatic heterocycles. The topological polar surface area (TPSA) is 95.9 Å². The van der Waals surface area contributed by atoms with Gasteiger partial charge in [0.1, 0.15) is 17.4 Å². The summed E-state index contributed by atoms with van der Waals surface area (Å²) in [5.74, 6) is 3.76. The number of anilines is 3. The van der Waals surface area contributed by atoms with E-state index in [1.807, 2.05) is 24.3 Å². The van der Waals surface area contributed by atoms with Gasteiger partial charge in [0.05, 0.1) is 12.3 Å². The van der Waals surface area contributed by atoms with Gasteiger partial charge in [0, 0.05) is 17.3 Å². The first kappa shape index (κ1) is 17.2. The van der Waals surface area contributed by atoms with Gasteiger partial charge >= 0.3 is 0 Å². The molecule has 7 heteroatoms. The fourth-order valence-electron chi connectivity index (χ4n) is 3.24. The smallest absolute Gasteiger partial charge is 0.223 e. The Morgan fingerprint density at radius 1 is 1.11 bits per heavy atom. The molecule has 1 aliphatic rings. The molecule has 1 fully saturated rings. The summed E-state index contributed by atoms with van der Waals surface area (Å²) in [7, 11) is 0. The van der Waals surface area contributed by atoms with Crippen LogP contribution in [0.2, 0.25) is 0 Å². The highest BCUT2D eigenvalue weighted by Crippen LogP contribution is 2.24. The molecule has 1 aliphatic carbocycles. The molecule has 27 heavy (non-hydrogen) atoms. The van der Waals surface area contributed by atoms with Gasteiger partial charge < -0.3 is 15.7 Å². The van der Waals surface area contributed by atoms with Crippen molar-refractivity contribution in [2.24, 2.45) is 0 Å². The van der Waals surface area contributed by atoms with E-state index in [2.05, 4.69) is 36.5 Å². The molecule has 136 valence electrons. The van der Waals surface area contributed by atoms with E-state index in [0.717, 1.165) is 36.9 Å². The maximum atomic E-state index is 9.65. The average Bonchev–Trinajstić information content (AvgIpc) is 2.70. The number of hydrogen-bond donors (Lipinski definition) is 3. The molecule has 2 heterocycles. The Balaban J connectivity index is 1.60. The van der Waals surface area contributed by atoms with Crippen LogP contribution in [-0.4, -0.2) is 37.2 Å². The van der Waals surface area contributed by atoms with E-state index in [1.54, 1.807) is 6.20 Å². The third kappa shape index (κ3) is 3.96. The van der Waals surface area contributed by atoms with E-state index in [4.69, 9.17) is 6.42 Å². The standard InChI is InChI=1S/C20H20N6O/c1-2-13-4-3-5-15(10-13)24-19-18-17(22-12-23-19)11-21-20(26-18)25-14-6-8-16(27)9-7-14/h1,3-5,10-12,14,16,27H,6-9H2,(H,21,25,26)(H,22,23,24)/t14-,16-. The Bertz CT molecular complexity index is 991. The molecule has 1 saturated carbocycles. The molecular weight excluding hydrogens is 340 g/mol. The lowest BCUT2D eigenvalue weighted by molar-refractivity contribution is 0.126. The van der Waals surface area contributed by atoms with Crippen LogP contribution >= 0.6 is 0 Å². The van der Waals surface area contributed by atoms with Crippen LogP contribution in [-0.2, 0) is 0 Å². The van der Waals surface area contributed by atoms with Crippen LogP contribution < -0.4 is 10.6 Å². The maximum Gasteiger partial charge on any atom is 0.223 e. The minimum Gasteiger partial charge on any atom is -0.393 e. The molecule has 0 bridgehead atoms. The number of nitrogens with zero attached hydrogens (tertiary/aromatic N) is 4. The van der Waals surface area contributed by atoms with Crippen LogP contribution in [0.3, 0.4) is 0 Å². The van der Waals surface area contributed by atoms with Crippen molar-refractivity contribution in [2.75, 3.05) is 10.6 Å². The van der Waals surface area contributed by atoms with Gasteiger partial charge in [0.25, 0.3) is 0 Å². The van der Waals surface area contributed by atoms with Crippen LogP contribution in [0.4, 0.5) is 17.5 Å². The Labute approximate surface area is 157 Å². The number of aromatic nitrogens is 4. The van der Waals surface area contributed by atoms with Crippen molar-refractivity contribution in [3.05, 3.63) is 42.4 Å². The van der Waals surface area contributed by atoms with Crippen molar-refractivity contribution < 1.29 is 5.11 Å². The van der Waals surface area contributed by atoms with E-state index in [0.29, 0.717) is 22.8 Å². The zero-order valence-electron chi connectivity index (χ0n) is 14.8. The molecule has 0 amide bonds. The second-order valence-electron chi connectivity index (χ2n) is 6.65. The van der Waals surface area contributed by atoms with Gasteiger partial charge in [-0.3, -0.25) is 0 Å². The van der Waals surface area contributed by atoms with Crippen molar-refractivity contribution in [3.8, 4) is 12.3 Å². The second kappa shape index (κ2) is 7.56. The van der Waals surface area contributed by atoms with Gasteiger partial charge in [0.15, 0.2) is 5.82 Å². The number of aliphatic hydroxyl groups is 1. The van der Waals surface area contributed by atoms with Crippen LogP contribution in [0.5, 0.6) is 0 Å². The minimum absolute atomic E-state index is 0.191. The third-order valence-electron chi connectivity index (χ3n) is 4.70. The van der Waals surface area contributed by atoms with Crippen LogP contribution in [0, 0.1) is 12.3 Å². The lowest BCUT2D eigenvalue weighted by atomic mass is 9.93. The van der Waals surface area contributed by atoms with Gasteiger partial charge in [-0.2, -0.15) is 0 Å². The summed E-state index contributed by atoms with van der Waals surface area (Å²) in [6.45, 7) is 0. The molecule has 3 aromatic rings. The zero-order chi connectivity index (χ0) is 18.6. The quantitative estimate of drug-likeness (QED) is 0.616. The molecule has 0 radical (unpaired) electrons. The first-order chi connectivity index (χ1) is 13.2. The predicted octanol–water partition coefficient (Wildman–Crippen LogP) is 2.86. The van der Waals surface area contributed by atoms with Crippen molar-refractivity contribution in [2.45, 2.75) is 37.8 Å². The Kier molecular flexibility index (Phi) is 4.81. The minimum atomic E-state index is -0.191. The van der Waals surface area contributed by atoms with Crippen LogP contribution in [0.15, 0.2) is 36.8 Å². The number of terminal acetylenes is 1. The van der Waals surface area contributed by atoms with E-state index in [9.17, 15) is 5.11 Å². The highest BCUT2D eigenvalue weighted by atomic mass is 16.3. The summed E-state index contributed by atoms with van der Waals surface area (Å²) in [6.07, 6.45) is 11.8. The molecule has 2 aromatic heterocycles. The molecular formula is C20H20N6O. The van der Waals surface area contributed by atoms with Crippen molar-refractivity contribution in [1.82, 2.24) is 19.9 Å². The highest BCUT2D eigenvalue weighted by Gasteiger charge is 2.20. The fourth-order valence-corrected chi connectivity index (χ4v) is 3.24. The van der Waals surface area contributed by atoms with Crippen molar-refractivity contribution in [1.29, 1.82) is 0 Å². The summed E-state index contributed by atoms with van der Waals surface area (Å²) in [5.41, 5.74) is 2.91. The average molecular weight is 360 g/mol. The van der Waals surface area contributed by atoms with Gasteiger partial charge in [-0.25, -0.2) is 19.9 Å². The fraction of sp³-hybridized carbons (Fsp3) is 0.300.